The van der Waals surface area contributed by atoms with Crippen LogP contribution >= 0.6 is 0 Å². The number of carbonyl (C=O) groups is 2. The molecule has 1 atom stereocenters. The van der Waals surface area contributed by atoms with Crippen LogP contribution in [0.25, 0.3) is 0 Å². The summed E-state index contributed by atoms with van der Waals surface area (Å²) in [6.07, 6.45) is -0.0483. The van der Waals surface area contributed by atoms with Crippen molar-refractivity contribution in [3.63, 3.8) is 0 Å². The molecule has 0 saturated heterocycles. The Bertz CT molecular complexity index is 198. The van der Waals surface area contributed by atoms with Crippen LogP contribution in [0.2, 0.25) is 0 Å². The normalized spacial score (nSPS) is 12.4. The minimum Gasteiger partial charge on any atom is -0.463 e. The van der Waals surface area contributed by atoms with Crippen molar-refractivity contribution in [2.75, 3.05) is 6.61 Å². The Kier molecular flexibility index (Phi) is 5.92. The first-order valence-corrected chi connectivity index (χ1v) is 4.86. The number of carbonyl (C=O) groups excluding carboxylic acids is 2. The Morgan fingerprint density at radius 1 is 1.14 bits per heavy atom. The van der Waals surface area contributed by atoms with E-state index in [0.29, 0.717) is 6.61 Å². The summed E-state index contributed by atoms with van der Waals surface area (Å²) in [5.41, 5.74) is 0. The van der Waals surface area contributed by atoms with Crippen molar-refractivity contribution in [3.8, 4) is 0 Å². The van der Waals surface area contributed by atoms with Crippen molar-refractivity contribution >= 4 is 11.9 Å². The molecule has 0 aromatic carbocycles. The Morgan fingerprint density at radius 2 is 1.71 bits per heavy atom. The van der Waals surface area contributed by atoms with E-state index >= 15 is 0 Å². The minimum atomic E-state index is -0.809. The highest BCUT2D eigenvalue weighted by Crippen LogP contribution is 2.02. The van der Waals surface area contributed by atoms with Crippen molar-refractivity contribution in [2.45, 2.75) is 40.2 Å². The van der Waals surface area contributed by atoms with Crippen LogP contribution in [0.5, 0.6) is 0 Å². The highest BCUT2D eigenvalue weighted by atomic mass is 16.6. The van der Waals surface area contributed by atoms with Crippen molar-refractivity contribution in [2.24, 2.45) is 5.92 Å². The van der Waals surface area contributed by atoms with Crippen LogP contribution in [-0.4, -0.2) is 24.6 Å². The molecule has 0 spiro atoms. The fourth-order valence-electron chi connectivity index (χ4n) is 0.678. The quantitative estimate of drug-likeness (QED) is 0.634. The molecule has 0 radical (unpaired) electrons. The molecule has 0 saturated carbocycles. The second kappa shape index (κ2) is 6.40. The van der Waals surface area contributed by atoms with Gasteiger partial charge in [0.2, 0.25) is 0 Å². The van der Waals surface area contributed by atoms with Crippen molar-refractivity contribution in [1.29, 1.82) is 0 Å². The lowest BCUT2D eigenvalue weighted by atomic mass is 10.2. The zero-order chi connectivity index (χ0) is 11.1. The van der Waals surface area contributed by atoms with Crippen molar-refractivity contribution in [1.82, 2.24) is 0 Å². The van der Waals surface area contributed by atoms with Gasteiger partial charge in [-0.25, -0.2) is 4.79 Å². The van der Waals surface area contributed by atoms with Gasteiger partial charge in [-0.2, -0.15) is 0 Å². The summed E-state index contributed by atoms with van der Waals surface area (Å²) in [6, 6.07) is 0. The first kappa shape index (κ1) is 12.9. The molecule has 0 heterocycles. The monoisotopic (exact) mass is 202 g/mol. The molecule has 0 aliphatic carbocycles. The third-order valence-corrected chi connectivity index (χ3v) is 1.54. The summed E-state index contributed by atoms with van der Waals surface area (Å²) in [4.78, 5) is 22.3. The number of hydrogen-bond donors (Lipinski definition) is 0. The summed E-state index contributed by atoms with van der Waals surface area (Å²) in [6.45, 7) is 7.21. The Morgan fingerprint density at radius 3 is 2.14 bits per heavy atom. The van der Waals surface area contributed by atoms with E-state index in [1.807, 2.05) is 6.92 Å². The van der Waals surface area contributed by atoms with Gasteiger partial charge in [0, 0.05) is 0 Å². The van der Waals surface area contributed by atoms with Crippen LogP contribution in [0.1, 0.15) is 34.1 Å². The van der Waals surface area contributed by atoms with Gasteiger partial charge >= 0.3 is 11.9 Å². The average molecular weight is 202 g/mol. The van der Waals surface area contributed by atoms with Gasteiger partial charge in [0.05, 0.1) is 12.5 Å². The fourth-order valence-corrected chi connectivity index (χ4v) is 0.678. The molecule has 0 aliphatic heterocycles. The summed E-state index contributed by atoms with van der Waals surface area (Å²) in [5.74, 6) is -1.09. The smallest absolute Gasteiger partial charge is 0.347 e. The van der Waals surface area contributed by atoms with Gasteiger partial charge in [-0.1, -0.05) is 20.8 Å². The number of rotatable bonds is 5. The fraction of sp³-hybridized carbons (Fsp3) is 0.800. The van der Waals surface area contributed by atoms with E-state index in [1.54, 1.807) is 13.8 Å². The summed E-state index contributed by atoms with van der Waals surface area (Å²) < 4.78 is 9.67. The van der Waals surface area contributed by atoms with Gasteiger partial charge < -0.3 is 9.47 Å². The predicted octanol–water partition coefficient (Wildman–Crippen LogP) is 1.53. The molecule has 0 unspecified atom stereocenters. The average Bonchev–Trinajstić information content (AvgIpc) is 2.13. The molecule has 14 heavy (non-hydrogen) atoms. The van der Waals surface area contributed by atoms with Crippen LogP contribution < -0.4 is 0 Å². The lowest BCUT2D eigenvalue weighted by Gasteiger charge is -2.13. The van der Waals surface area contributed by atoms with E-state index in [2.05, 4.69) is 0 Å². The summed E-state index contributed by atoms with van der Waals surface area (Å²) >= 11 is 0. The second-order valence-electron chi connectivity index (χ2n) is 3.40. The Labute approximate surface area is 84.6 Å². The lowest BCUT2D eigenvalue weighted by molar-refractivity contribution is -0.168. The van der Waals surface area contributed by atoms with E-state index in [4.69, 9.17) is 9.47 Å². The molecule has 0 amide bonds. The molecule has 0 bridgehead atoms. The largest absolute Gasteiger partial charge is 0.463 e. The highest BCUT2D eigenvalue weighted by molar-refractivity contribution is 5.79. The zero-order valence-corrected chi connectivity index (χ0v) is 9.20. The molecule has 4 heteroatoms. The molecule has 0 rings (SSSR count). The predicted molar refractivity (Wildman–Crippen MR) is 51.6 cm³/mol. The summed E-state index contributed by atoms with van der Waals surface area (Å²) in [5, 5.41) is 0. The molecular weight excluding hydrogens is 184 g/mol. The Balaban J connectivity index is 3.89. The zero-order valence-electron chi connectivity index (χ0n) is 9.20. The van der Waals surface area contributed by atoms with Gasteiger partial charge in [0.15, 0.2) is 6.10 Å². The van der Waals surface area contributed by atoms with Crippen LogP contribution in [0.4, 0.5) is 0 Å². The van der Waals surface area contributed by atoms with Crippen LogP contribution in [-0.2, 0) is 19.1 Å². The van der Waals surface area contributed by atoms with Crippen LogP contribution in [0.3, 0.4) is 0 Å². The van der Waals surface area contributed by atoms with Crippen molar-refractivity contribution < 1.29 is 19.1 Å². The highest BCUT2D eigenvalue weighted by Gasteiger charge is 2.20. The number of ether oxygens (including phenoxy) is 2. The molecular formula is C10H18O4. The summed E-state index contributed by atoms with van der Waals surface area (Å²) in [7, 11) is 0. The number of hydrogen-bond acceptors (Lipinski definition) is 4. The SMILES string of the molecule is CCCOC(=O)[C@H](C)OC(=O)C(C)C. The maximum Gasteiger partial charge on any atom is 0.347 e. The van der Waals surface area contributed by atoms with E-state index < -0.39 is 12.1 Å². The molecule has 82 valence electrons. The van der Waals surface area contributed by atoms with Gasteiger partial charge in [0.25, 0.3) is 0 Å². The second-order valence-corrected chi connectivity index (χ2v) is 3.40. The Hall–Kier alpha value is -1.06. The topological polar surface area (TPSA) is 52.6 Å². The van der Waals surface area contributed by atoms with Gasteiger partial charge in [0.1, 0.15) is 0 Å². The molecule has 0 aromatic heterocycles. The van der Waals surface area contributed by atoms with E-state index in [9.17, 15) is 9.59 Å². The molecule has 4 nitrogen and oxygen atoms in total. The minimum absolute atomic E-state index is 0.226. The van der Waals surface area contributed by atoms with Gasteiger partial charge in [-0.05, 0) is 13.3 Å². The van der Waals surface area contributed by atoms with Crippen LogP contribution in [0, 0.1) is 5.92 Å². The third kappa shape index (κ3) is 4.84. The third-order valence-electron chi connectivity index (χ3n) is 1.54. The van der Waals surface area contributed by atoms with E-state index in [0.717, 1.165) is 6.42 Å². The van der Waals surface area contributed by atoms with Crippen molar-refractivity contribution in [3.05, 3.63) is 0 Å². The van der Waals surface area contributed by atoms with Gasteiger partial charge in [-0.3, -0.25) is 4.79 Å². The molecule has 0 N–H and O–H groups in total. The van der Waals surface area contributed by atoms with Gasteiger partial charge in [-0.15, -0.1) is 0 Å². The van der Waals surface area contributed by atoms with E-state index in [-0.39, 0.29) is 11.9 Å². The maximum absolute atomic E-state index is 11.2. The lowest BCUT2D eigenvalue weighted by Crippen LogP contribution is -2.28. The molecule has 0 aliphatic rings. The van der Waals surface area contributed by atoms with Crippen LogP contribution in [0.15, 0.2) is 0 Å². The first-order chi connectivity index (χ1) is 6.49. The molecule has 0 fully saturated rings. The first-order valence-electron chi connectivity index (χ1n) is 4.86. The number of esters is 2. The standard InChI is InChI=1S/C10H18O4/c1-5-6-13-10(12)8(4)14-9(11)7(2)3/h7-8H,5-6H2,1-4H3/t8-/m0/s1. The van der Waals surface area contributed by atoms with E-state index in [1.165, 1.54) is 6.92 Å². The maximum atomic E-state index is 11.2. The molecule has 0 aromatic rings.